The van der Waals surface area contributed by atoms with E-state index in [-0.39, 0.29) is 0 Å². The number of hydrogen-bond acceptors (Lipinski definition) is 2. The van der Waals surface area contributed by atoms with Crippen LogP contribution in [0.15, 0.2) is 36.5 Å². The minimum Gasteiger partial charge on any atom is -0.309 e. The highest BCUT2D eigenvalue weighted by molar-refractivity contribution is 5.35. The molecule has 0 fully saturated rings. The number of benzene rings is 1. The van der Waals surface area contributed by atoms with Crippen molar-refractivity contribution in [2.75, 3.05) is 7.05 Å². The molecule has 2 nitrogen and oxygen atoms in total. The molecule has 0 aliphatic heterocycles. The topological polar surface area (TPSA) is 24.9 Å². The van der Waals surface area contributed by atoms with Gasteiger partial charge in [-0.25, -0.2) is 4.39 Å². The van der Waals surface area contributed by atoms with E-state index < -0.39 is 23.6 Å². The molecule has 2 rings (SSSR count). The van der Waals surface area contributed by atoms with Crippen molar-refractivity contribution in [1.29, 1.82) is 0 Å². The Kier molecular flexibility index (Phi) is 4.27. The normalized spacial score (nSPS) is 13.2. The molecule has 1 unspecified atom stereocenters. The highest BCUT2D eigenvalue weighted by Crippen LogP contribution is 2.34. The predicted molar refractivity (Wildman–Crippen MR) is 71.3 cm³/mol. The van der Waals surface area contributed by atoms with E-state index in [1.807, 2.05) is 6.92 Å². The van der Waals surface area contributed by atoms with Crippen LogP contribution in [0, 0.1) is 12.7 Å². The zero-order chi connectivity index (χ0) is 15.6. The Bertz CT molecular complexity index is 621. The Morgan fingerprint density at radius 1 is 1.10 bits per heavy atom. The Labute approximate surface area is 119 Å². The maximum absolute atomic E-state index is 13.3. The molecule has 0 radical (unpaired) electrons. The average molecular weight is 298 g/mol. The van der Waals surface area contributed by atoms with Gasteiger partial charge in [-0.2, -0.15) is 13.2 Å². The SMILES string of the molecule is CNC(c1ccc(C)nc1)c1ccc(F)c(C(F)(F)F)c1. The molecule has 0 saturated carbocycles. The summed E-state index contributed by atoms with van der Waals surface area (Å²) in [6.45, 7) is 1.82. The largest absolute Gasteiger partial charge is 0.419 e. The number of aryl methyl sites for hydroxylation is 1. The lowest BCUT2D eigenvalue weighted by Crippen LogP contribution is -2.19. The summed E-state index contributed by atoms with van der Waals surface area (Å²) in [5, 5.41) is 2.92. The second-order valence-electron chi connectivity index (χ2n) is 4.69. The molecule has 1 aromatic carbocycles. The van der Waals surface area contributed by atoms with Gasteiger partial charge in [-0.3, -0.25) is 4.98 Å². The van der Waals surface area contributed by atoms with Gasteiger partial charge >= 0.3 is 6.18 Å². The molecule has 0 bridgehead atoms. The van der Waals surface area contributed by atoms with Gasteiger partial charge in [0, 0.05) is 11.9 Å². The van der Waals surface area contributed by atoms with Crippen LogP contribution in [0.1, 0.15) is 28.4 Å². The Morgan fingerprint density at radius 2 is 1.76 bits per heavy atom. The van der Waals surface area contributed by atoms with Crippen molar-refractivity contribution in [3.8, 4) is 0 Å². The van der Waals surface area contributed by atoms with Crippen LogP contribution in [0.5, 0.6) is 0 Å². The van der Waals surface area contributed by atoms with Crippen molar-refractivity contribution in [3.05, 3.63) is 64.7 Å². The summed E-state index contributed by atoms with van der Waals surface area (Å²) in [4.78, 5) is 4.13. The predicted octanol–water partition coefficient (Wildman–Crippen LogP) is 3.86. The van der Waals surface area contributed by atoms with Crippen LogP contribution in [0.2, 0.25) is 0 Å². The van der Waals surface area contributed by atoms with Gasteiger partial charge in [0.2, 0.25) is 0 Å². The number of hydrogen-bond donors (Lipinski definition) is 1. The maximum atomic E-state index is 13.3. The lowest BCUT2D eigenvalue weighted by molar-refractivity contribution is -0.140. The number of halogens is 4. The first-order valence-electron chi connectivity index (χ1n) is 6.29. The molecule has 112 valence electrons. The molecule has 0 spiro atoms. The summed E-state index contributed by atoms with van der Waals surface area (Å²) in [5.41, 5.74) is 0.587. The smallest absolute Gasteiger partial charge is 0.309 e. The number of rotatable bonds is 3. The molecule has 2 aromatic rings. The molecule has 1 aromatic heterocycles. The molecule has 6 heteroatoms. The van der Waals surface area contributed by atoms with Gasteiger partial charge < -0.3 is 5.32 Å². The third kappa shape index (κ3) is 3.39. The summed E-state index contributed by atoms with van der Waals surface area (Å²) in [7, 11) is 1.63. The molecule has 0 amide bonds. The fourth-order valence-corrected chi connectivity index (χ4v) is 2.12. The third-order valence-corrected chi connectivity index (χ3v) is 3.19. The standard InChI is InChI=1S/C15H14F4N2/c1-9-3-4-11(8-21-9)14(20-2)10-5-6-13(16)12(7-10)15(17,18)19/h3-8,14,20H,1-2H3. The van der Waals surface area contributed by atoms with Crippen molar-refractivity contribution < 1.29 is 17.6 Å². The lowest BCUT2D eigenvalue weighted by atomic mass is 9.98. The third-order valence-electron chi connectivity index (χ3n) is 3.19. The van der Waals surface area contributed by atoms with E-state index in [1.165, 1.54) is 6.07 Å². The van der Waals surface area contributed by atoms with E-state index in [1.54, 1.807) is 25.4 Å². The molecular formula is C15H14F4N2. The molecule has 1 heterocycles. The first-order valence-corrected chi connectivity index (χ1v) is 6.29. The highest BCUT2D eigenvalue weighted by atomic mass is 19.4. The maximum Gasteiger partial charge on any atom is 0.419 e. The van der Waals surface area contributed by atoms with Gasteiger partial charge in [-0.1, -0.05) is 12.1 Å². The van der Waals surface area contributed by atoms with Crippen molar-refractivity contribution in [1.82, 2.24) is 10.3 Å². The monoisotopic (exact) mass is 298 g/mol. The van der Waals surface area contributed by atoms with Gasteiger partial charge in [0.05, 0.1) is 11.6 Å². The van der Waals surface area contributed by atoms with Gasteiger partial charge in [0.1, 0.15) is 5.82 Å². The first-order chi connectivity index (χ1) is 9.82. The Morgan fingerprint density at radius 3 is 2.29 bits per heavy atom. The van der Waals surface area contributed by atoms with Crippen molar-refractivity contribution in [2.24, 2.45) is 0 Å². The summed E-state index contributed by atoms with van der Waals surface area (Å²) < 4.78 is 51.7. The Hall–Kier alpha value is -1.95. The fourth-order valence-electron chi connectivity index (χ4n) is 2.12. The minimum atomic E-state index is -4.72. The van der Waals surface area contributed by atoms with Crippen LogP contribution in [0.3, 0.4) is 0 Å². The second kappa shape index (κ2) is 5.81. The quantitative estimate of drug-likeness (QED) is 0.870. The van der Waals surface area contributed by atoms with Crippen LogP contribution in [-0.2, 0) is 6.18 Å². The van der Waals surface area contributed by atoms with Crippen LogP contribution < -0.4 is 5.32 Å². The number of pyridine rings is 1. The van der Waals surface area contributed by atoms with Gasteiger partial charge in [-0.05, 0) is 43.3 Å². The molecule has 21 heavy (non-hydrogen) atoms. The highest BCUT2D eigenvalue weighted by Gasteiger charge is 2.34. The molecule has 0 aliphatic carbocycles. The van der Waals surface area contributed by atoms with E-state index in [9.17, 15) is 17.6 Å². The summed E-state index contributed by atoms with van der Waals surface area (Å²) in [6, 6.07) is 6.07. The lowest BCUT2D eigenvalue weighted by Gasteiger charge is -2.19. The fraction of sp³-hybridized carbons (Fsp3) is 0.267. The summed E-state index contributed by atoms with van der Waals surface area (Å²) in [6.07, 6.45) is -3.13. The van der Waals surface area contributed by atoms with Gasteiger partial charge in [-0.15, -0.1) is 0 Å². The van der Waals surface area contributed by atoms with E-state index in [0.717, 1.165) is 17.8 Å². The molecular weight excluding hydrogens is 284 g/mol. The zero-order valence-electron chi connectivity index (χ0n) is 11.5. The molecule has 1 atom stereocenters. The zero-order valence-corrected chi connectivity index (χ0v) is 11.5. The number of nitrogens with one attached hydrogen (secondary N) is 1. The van der Waals surface area contributed by atoms with Crippen LogP contribution in [-0.4, -0.2) is 12.0 Å². The van der Waals surface area contributed by atoms with E-state index in [4.69, 9.17) is 0 Å². The van der Waals surface area contributed by atoms with Crippen molar-refractivity contribution >= 4 is 0 Å². The van der Waals surface area contributed by atoms with E-state index in [2.05, 4.69) is 10.3 Å². The van der Waals surface area contributed by atoms with Crippen LogP contribution in [0.25, 0.3) is 0 Å². The minimum absolute atomic E-state index is 0.330. The van der Waals surface area contributed by atoms with Crippen molar-refractivity contribution in [2.45, 2.75) is 19.1 Å². The van der Waals surface area contributed by atoms with E-state index >= 15 is 0 Å². The van der Waals surface area contributed by atoms with E-state index in [0.29, 0.717) is 11.1 Å². The Balaban J connectivity index is 2.46. The van der Waals surface area contributed by atoms with Crippen LogP contribution in [0.4, 0.5) is 17.6 Å². The van der Waals surface area contributed by atoms with Crippen molar-refractivity contribution in [3.63, 3.8) is 0 Å². The van der Waals surface area contributed by atoms with Gasteiger partial charge in [0.25, 0.3) is 0 Å². The first kappa shape index (κ1) is 15.4. The number of alkyl halides is 3. The molecule has 0 aliphatic rings. The summed E-state index contributed by atoms with van der Waals surface area (Å²) in [5.74, 6) is -1.27. The number of aromatic nitrogens is 1. The number of nitrogens with zero attached hydrogens (tertiary/aromatic N) is 1. The van der Waals surface area contributed by atoms with Gasteiger partial charge in [0.15, 0.2) is 0 Å². The summed E-state index contributed by atoms with van der Waals surface area (Å²) >= 11 is 0. The van der Waals surface area contributed by atoms with Crippen LogP contribution >= 0.6 is 0 Å². The second-order valence-corrected chi connectivity index (χ2v) is 4.69. The molecule has 0 saturated heterocycles. The molecule has 1 N–H and O–H groups in total. The average Bonchev–Trinajstić information content (AvgIpc) is 2.42.